The normalized spacial score (nSPS) is 15.0. The van der Waals surface area contributed by atoms with Gasteiger partial charge in [-0.05, 0) is 18.6 Å². The molecule has 1 aliphatic rings. The standard InChI is InChI=1S/C16H22F3N3O/c1-2-3-4-7-20-16(23)22-10-8-21(9-11-22)13-6-5-12(17)14(18)15(13)19/h5-6H,2-4,7-11H2,1H3,(H,20,23). The molecule has 23 heavy (non-hydrogen) atoms. The minimum Gasteiger partial charge on any atom is -0.366 e. The minimum atomic E-state index is -1.46. The van der Waals surface area contributed by atoms with Crippen molar-refractivity contribution in [2.75, 3.05) is 37.6 Å². The van der Waals surface area contributed by atoms with Gasteiger partial charge in [0.2, 0.25) is 0 Å². The molecule has 1 aliphatic heterocycles. The summed E-state index contributed by atoms with van der Waals surface area (Å²) in [6.45, 7) is 4.33. The van der Waals surface area contributed by atoms with Gasteiger partial charge in [-0.3, -0.25) is 0 Å². The fraction of sp³-hybridized carbons (Fsp3) is 0.562. The summed E-state index contributed by atoms with van der Waals surface area (Å²) < 4.78 is 40.1. The molecule has 1 fully saturated rings. The fourth-order valence-corrected chi connectivity index (χ4v) is 2.59. The van der Waals surface area contributed by atoms with Crippen molar-refractivity contribution >= 4 is 11.7 Å². The van der Waals surface area contributed by atoms with E-state index in [2.05, 4.69) is 12.2 Å². The maximum absolute atomic E-state index is 13.8. The number of benzene rings is 1. The lowest BCUT2D eigenvalue weighted by molar-refractivity contribution is 0.194. The van der Waals surface area contributed by atoms with Crippen LogP contribution in [0.15, 0.2) is 12.1 Å². The highest BCUT2D eigenvalue weighted by Gasteiger charge is 2.24. The van der Waals surface area contributed by atoms with Crippen LogP contribution >= 0.6 is 0 Å². The van der Waals surface area contributed by atoms with E-state index in [4.69, 9.17) is 0 Å². The lowest BCUT2D eigenvalue weighted by Crippen LogP contribution is -2.52. The molecular formula is C16H22F3N3O. The number of nitrogens with zero attached hydrogens (tertiary/aromatic N) is 2. The van der Waals surface area contributed by atoms with Gasteiger partial charge in [-0.1, -0.05) is 19.8 Å². The monoisotopic (exact) mass is 329 g/mol. The van der Waals surface area contributed by atoms with Crippen molar-refractivity contribution in [1.29, 1.82) is 0 Å². The third-order valence-corrected chi connectivity index (χ3v) is 3.98. The van der Waals surface area contributed by atoms with E-state index in [9.17, 15) is 18.0 Å². The van der Waals surface area contributed by atoms with Crippen LogP contribution in [0.5, 0.6) is 0 Å². The molecule has 1 heterocycles. The largest absolute Gasteiger partial charge is 0.366 e. The van der Waals surface area contributed by atoms with E-state index < -0.39 is 17.5 Å². The summed E-state index contributed by atoms with van der Waals surface area (Å²) in [6, 6.07) is 2.01. The highest BCUT2D eigenvalue weighted by molar-refractivity contribution is 5.74. The van der Waals surface area contributed by atoms with Crippen molar-refractivity contribution in [2.45, 2.75) is 26.2 Å². The second-order valence-electron chi connectivity index (χ2n) is 5.61. The Bertz CT molecular complexity index is 546. The third-order valence-electron chi connectivity index (χ3n) is 3.98. The molecule has 1 aromatic carbocycles. The topological polar surface area (TPSA) is 35.6 Å². The average molecular weight is 329 g/mol. The number of piperazine rings is 1. The smallest absolute Gasteiger partial charge is 0.317 e. The molecule has 2 amide bonds. The van der Waals surface area contributed by atoms with Crippen LogP contribution in [0.2, 0.25) is 0 Å². The quantitative estimate of drug-likeness (QED) is 0.665. The number of halogens is 3. The van der Waals surface area contributed by atoms with Crippen LogP contribution in [-0.4, -0.2) is 43.7 Å². The number of nitrogens with one attached hydrogen (secondary N) is 1. The summed E-state index contributed by atoms with van der Waals surface area (Å²) in [5, 5.41) is 2.85. The van der Waals surface area contributed by atoms with E-state index in [0.717, 1.165) is 25.3 Å². The van der Waals surface area contributed by atoms with Gasteiger partial charge in [-0.2, -0.15) is 0 Å². The number of rotatable bonds is 5. The van der Waals surface area contributed by atoms with Crippen molar-refractivity contribution < 1.29 is 18.0 Å². The van der Waals surface area contributed by atoms with Crippen molar-refractivity contribution in [2.24, 2.45) is 0 Å². The predicted molar refractivity (Wildman–Crippen MR) is 83.0 cm³/mol. The molecule has 1 saturated heterocycles. The second kappa shape index (κ2) is 8.08. The van der Waals surface area contributed by atoms with Crippen LogP contribution < -0.4 is 10.2 Å². The first kappa shape index (κ1) is 17.4. The minimum absolute atomic E-state index is 0.0342. The van der Waals surface area contributed by atoms with E-state index in [0.29, 0.717) is 32.7 Å². The molecule has 0 atom stereocenters. The fourth-order valence-electron chi connectivity index (χ4n) is 2.59. The van der Waals surface area contributed by atoms with Gasteiger partial charge in [0.15, 0.2) is 17.5 Å². The predicted octanol–water partition coefficient (Wildman–Crippen LogP) is 3.13. The Morgan fingerprint density at radius 1 is 1.09 bits per heavy atom. The number of hydrogen-bond acceptors (Lipinski definition) is 2. The van der Waals surface area contributed by atoms with Crippen LogP contribution in [0.1, 0.15) is 26.2 Å². The van der Waals surface area contributed by atoms with Crippen LogP contribution in [-0.2, 0) is 0 Å². The molecule has 128 valence electrons. The van der Waals surface area contributed by atoms with Gasteiger partial charge in [0.05, 0.1) is 5.69 Å². The highest BCUT2D eigenvalue weighted by Crippen LogP contribution is 2.24. The van der Waals surface area contributed by atoms with Gasteiger partial charge < -0.3 is 15.1 Å². The second-order valence-corrected chi connectivity index (χ2v) is 5.61. The van der Waals surface area contributed by atoms with E-state index in [1.54, 1.807) is 9.80 Å². The van der Waals surface area contributed by atoms with Crippen LogP contribution in [0.4, 0.5) is 23.7 Å². The zero-order chi connectivity index (χ0) is 16.8. The number of urea groups is 1. The SMILES string of the molecule is CCCCCNC(=O)N1CCN(c2ccc(F)c(F)c2F)CC1. The van der Waals surface area contributed by atoms with E-state index >= 15 is 0 Å². The average Bonchev–Trinajstić information content (AvgIpc) is 2.57. The van der Waals surface area contributed by atoms with Crippen molar-refractivity contribution in [3.05, 3.63) is 29.6 Å². The number of unbranched alkanes of at least 4 members (excludes halogenated alkanes) is 2. The van der Waals surface area contributed by atoms with E-state index in [1.165, 1.54) is 6.07 Å². The van der Waals surface area contributed by atoms with Gasteiger partial charge in [0, 0.05) is 32.7 Å². The Morgan fingerprint density at radius 2 is 1.78 bits per heavy atom. The Hall–Kier alpha value is -1.92. The van der Waals surface area contributed by atoms with Crippen molar-refractivity contribution in [3.8, 4) is 0 Å². The molecule has 2 rings (SSSR count). The molecule has 1 aromatic rings. The molecule has 0 aromatic heterocycles. The lowest BCUT2D eigenvalue weighted by atomic mass is 10.2. The number of anilines is 1. The maximum Gasteiger partial charge on any atom is 0.317 e. The molecule has 7 heteroatoms. The molecule has 0 bridgehead atoms. The van der Waals surface area contributed by atoms with E-state index in [1.807, 2.05) is 0 Å². The van der Waals surface area contributed by atoms with Gasteiger partial charge in [0.1, 0.15) is 0 Å². The van der Waals surface area contributed by atoms with Gasteiger partial charge >= 0.3 is 6.03 Å². The molecular weight excluding hydrogens is 307 g/mol. The molecule has 0 radical (unpaired) electrons. The Balaban J connectivity index is 1.86. The van der Waals surface area contributed by atoms with Crippen LogP contribution in [0, 0.1) is 17.5 Å². The van der Waals surface area contributed by atoms with Crippen LogP contribution in [0.3, 0.4) is 0 Å². The summed E-state index contributed by atoms with van der Waals surface area (Å²) in [5.74, 6) is -3.84. The number of carbonyl (C=O) groups excluding carboxylic acids is 1. The zero-order valence-corrected chi connectivity index (χ0v) is 13.2. The molecule has 0 spiro atoms. The van der Waals surface area contributed by atoms with Gasteiger partial charge in [0.25, 0.3) is 0 Å². The summed E-state index contributed by atoms with van der Waals surface area (Å²) in [7, 11) is 0. The zero-order valence-electron chi connectivity index (χ0n) is 13.2. The van der Waals surface area contributed by atoms with Gasteiger partial charge in [-0.25, -0.2) is 18.0 Å². The van der Waals surface area contributed by atoms with Crippen LogP contribution in [0.25, 0.3) is 0 Å². The van der Waals surface area contributed by atoms with E-state index in [-0.39, 0.29) is 11.7 Å². The Kier molecular flexibility index (Phi) is 6.12. The number of hydrogen-bond donors (Lipinski definition) is 1. The lowest BCUT2D eigenvalue weighted by Gasteiger charge is -2.36. The first-order valence-electron chi connectivity index (χ1n) is 7.95. The number of amides is 2. The Morgan fingerprint density at radius 3 is 2.43 bits per heavy atom. The first-order chi connectivity index (χ1) is 11.0. The highest BCUT2D eigenvalue weighted by atomic mass is 19.2. The Labute approximate surface area is 134 Å². The first-order valence-corrected chi connectivity index (χ1v) is 7.95. The van der Waals surface area contributed by atoms with Crippen molar-refractivity contribution in [3.63, 3.8) is 0 Å². The van der Waals surface area contributed by atoms with Crippen molar-refractivity contribution in [1.82, 2.24) is 10.2 Å². The summed E-state index contributed by atoms with van der Waals surface area (Å²) in [5.41, 5.74) is 0.0342. The number of carbonyl (C=O) groups is 1. The summed E-state index contributed by atoms with van der Waals surface area (Å²) in [4.78, 5) is 15.3. The summed E-state index contributed by atoms with van der Waals surface area (Å²) >= 11 is 0. The maximum atomic E-state index is 13.8. The molecule has 4 nitrogen and oxygen atoms in total. The molecule has 1 N–H and O–H groups in total. The van der Waals surface area contributed by atoms with Gasteiger partial charge in [-0.15, -0.1) is 0 Å². The molecule has 0 aliphatic carbocycles. The summed E-state index contributed by atoms with van der Waals surface area (Å²) in [6.07, 6.45) is 3.11. The third kappa shape index (κ3) is 4.30. The molecule has 0 saturated carbocycles. The molecule has 0 unspecified atom stereocenters.